The van der Waals surface area contributed by atoms with Crippen LogP contribution in [0.1, 0.15) is 23.8 Å². The van der Waals surface area contributed by atoms with E-state index in [-0.39, 0.29) is 31.4 Å². The number of benzene rings is 1. The van der Waals surface area contributed by atoms with Gasteiger partial charge in [-0.15, -0.1) is 16.4 Å². The third kappa shape index (κ3) is 6.81. The van der Waals surface area contributed by atoms with Crippen LogP contribution in [0.4, 0.5) is 0 Å². The van der Waals surface area contributed by atoms with Crippen molar-refractivity contribution in [1.29, 1.82) is 0 Å². The van der Waals surface area contributed by atoms with E-state index in [0.29, 0.717) is 16.9 Å². The Balaban J connectivity index is 1.85. The first-order valence-electron chi connectivity index (χ1n) is 8.97. The zero-order valence-corrected chi connectivity index (χ0v) is 17.1. The molecule has 30 heavy (non-hydrogen) atoms. The topological polar surface area (TPSA) is 176 Å². The summed E-state index contributed by atoms with van der Waals surface area (Å²) in [6, 6.07) is 7.33. The van der Waals surface area contributed by atoms with E-state index in [1.54, 1.807) is 6.07 Å². The molecule has 0 bridgehead atoms. The molecular weight excluding hydrogens is 410 g/mol. The van der Waals surface area contributed by atoms with Crippen molar-refractivity contribution in [3.05, 3.63) is 29.3 Å². The summed E-state index contributed by atoms with van der Waals surface area (Å²) in [6.45, 7) is -0.322. The van der Waals surface area contributed by atoms with E-state index < -0.39 is 17.8 Å². The highest BCUT2D eigenvalue weighted by molar-refractivity contribution is 7.18. The van der Waals surface area contributed by atoms with Crippen molar-refractivity contribution in [3.63, 3.8) is 0 Å². The molecule has 6 N–H and O–H groups in total. The van der Waals surface area contributed by atoms with Crippen molar-refractivity contribution in [2.75, 3.05) is 20.1 Å². The van der Waals surface area contributed by atoms with Gasteiger partial charge >= 0.3 is 5.97 Å². The largest absolute Gasteiger partial charge is 0.481 e. The first kappa shape index (κ1) is 22.7. The van der Waals surface area contributed by atoms with Crippen molar-refractivity contribution in [2.45, 2.75) is 18.8 Å². The van der Waals surface area contributed by atoms with E-state index in [4.69, 9.17) is 11.5 Å². The summed E-state index contributed by atoms with van der Waals surface area (Å²) < 4.78 is 0.874. The number of aromatic nitrogens is 1. The van der Waals surface area contributed by atoms with Crippen molar-refractivity contribution in [2.24, 2.45) is 21.7 Å². The molecule has 1 atom stereocenters. The first-order valence-corrected chi connectivity index (χ1v) is 9.79. The van der Waals surface area contributed by atoms with Gasteiger partial charge in [-0.1, -0.05) is 12.1 Å². The number of rotatable bonds is 10. The number of guanidine groups is 1. The number of hydrogen-bond acceptors (Lipinski definition) is 7. The van der Waals surface area contributed by atoms with Gasteiger partial charge in [0.05, 0.1) is 16.8 Å². The molecule has 0 aliphatic heterocycles. The SMILES string of the molecule is CN(CC(=O)NCC(C(=O)O)c1nc2ccccc2s1)C(=O)CCC=NN=C(N)N. The third-order valence-corrected chi connectivity index (χ3v) is 5.11. The predicted octanol–water partition coefficient (Wildman–Crippen LogP) is 0.0785. The molecule has 0 fully saturated rings. The summed E-state index contributed by atoms with van der Waals surface area (Å²) in [4.78, 5) is 41.4. The van der Waals surface area contributed by atoms with E-state index in [9.17, 15) is 19.5 Å². The summed E-state index contributed by atoms with van der Waals surface area (Å²) in [5, 5.41) is 19.5. The molecular formula is C18H23N7O4S. The van der Waals surface area contributed by atoms with Gasteiger partial charge in [0, 0.05) is 26.2 Å². The van der Waals surface area contributed by atoms with Crippen LogP contribution in [-0.2, 0) is 14.4 Å². The molecule has 0 spiro atoms. The van der Waals surface area contributed by atoms with Gasteiger partial charge in [-0.25, -0.2) is 4.98 Å². The van der Waals surface area contributed by atoms with E-state index in [1.165, 1.54) is 29.5 Å². The van der Waals surface area contributed by atoms with Gasteiger partial charge in [-0.05, 0) is 18.6 Å². The molecule has 11 nitrogen and oxygen atoms in total. The van der Waals surface area contributed by atoms with Crippen molar-refractivity contribution >= 4 is 51.5 Å². The van der Waals surface area contributed by atoms with Gasteiger partial charge < -0.3 is 26.8 Å². The average molecular weight is 433 g/mol. The smallest absolute Gasteiger partial charge is 0.315 e. The number of nitrogens with zero attached hydrogens (tertiary/aromatic N) is 4. The number of carbonyl (C=O) groups is 3. The lowest BCUT2D eigenvalue weighted by atomic mass is 10.1. The summed E-state index contributed by atoms with van der Waals surface area (Å²) in [5.41, 5.74) is 10.9. The molecule has 12 heteroatoms. The van der Waals surface area contributed by atoms with Gasteiger partial charge in [0.1, 0.15) is 10.9 Å². The number of carboxylic acid groups (broad SMARTS) is 1. The van der Waals surface area contributed by atoms with Crippen LogP contribution in [0.5, 0.6) is 0 Å². The van der Waals surface area contributed by atoms with E-state index >= 15 is 0 Å². The molecule has 1 heterocycles. The number of carbonyl (C=O) groups excluding carboxylic acids is 2. The second-order valence-electron chi connectivity index (χ2n) is 6.33. The fourth-order valence-electron chi connectivity index (χ4n) is 2.44. The molecule has 1 aromatic carbocycles. The lowest BCUT2D eigenvalue weighted by Gasteiger charge is -2.17. The van der Waals surface area contributed by atoms with Gasteiger partial charge in [-0.2, -0.15) is 5.10 Å². The first-order chi connectivity index (χ1) is 14.3. The number of thiazole rings is 1. The monoisotopic (exact) mass is 433 g/mol. The molecule has 1 unspecified atom stereocenters. The molecule has 0 radical (unpaired) electrons. The minimum Gasteiger partial charge on any atom is -0.481 e. The van der Waals surface area contributed by atoms with E-state index in [0.717, 1.165) is 4.70 Å². The van der Waals surface area contributed by atoms with Gasteiger partial charge in [0.15, 0.2) is 0 Å². The van der Waals surface area contributed by atoms with Crippen molar-refractivity contribution < 1.29 is 19.5 Å². The average Bonchev–Trinajstić information content (AvgIpc) is 3.10. The molecule has 0 saturated heterocycles. The van der Waals surface area contributed by atoms with Crippen LogP contribution in [0.3, 0.4) is 0 Å². The molecule has 0 saturated carbocycles. The molecule has 160 valence electrons. The van der Waals surface area contributed by atoms with Crippen LogP contribution in [-0.4, -0.2) is 65.1 Å². The molecule has 2 rings (SSSR count). The summed E-state index contributed by atoms with van der Waals surface area (Å²) in [7, 11) is 1.48. The Labute approximate surface area is 176 Å². The highest BCUT2D eigenvalue weighted by Crippen LogP contribution is 2.27. The van der Waals surface area contributed by atoms with Crippen LogP contribution in [0.2, 0.25) is 0 Å². The Morgan fingerprint density at radius 1 is 1.33 bits per heavy atom. The second kappa shape index (κ2) is 10.9. The van der Waals surface area contributed by atoms with Gasteiger partial charge in [0.25, 0.3) is 0 Å². The quantitative estimate of drug-likeness (QED) is 0.233. The number of nitrogens with one attached hydrogen (secondary N) is 1. The van der Waals surface area contributed by atoms with Crippen LogP contribution in [0.25, 0.3) is 10.2 Å². The van der Waals surface area contributed by atoms with Crippen LogP contribution in [0.15, 0.2) is 34.5 Å². The summed E-state index contributed by atoms with van der Waals surface area (Å²) >= 11 is 1.27. The molecule has 2 amide bonds. The lowest BCUT2D eigenvalue weighted by Crippen LogP contribution is -2.40. The van der Waals surface area contributed by atoms with E-state index in [2.05, 4.69) is 20.5 Å². The Morgan fingerprint density at radius 2 is 2.07 bits per heavy atom. The van der Waals surface area contributed by atoms with Crippen molar-refractivity contribution in [1.82, 2.24) is 15.2 Å². The number of carboxylic acids is 1. The lowest BCUT2D eigenvalue weighted by molar-refractivity contribution is -0.139. The zero-order valence-electron chi connectivity index (χ0n) is 16.3. The fourth-order valence-corrected chi connectivity index (χ4v) is 3.50. The molecule has 2 aromatic rings. The summed E-state index contributed by atoms with van der Waals surface area (Å²) in [5.74, 6) is -2.98. The third-order valence-electron chi connectivity index (χ3n) is 3.96. The Hall–Kier alpha value is -3.54. The van der Waals surface area contributed by atoms with Crippen LogP contribution >= 0.6 is 11.3 Å². The number of amides is 2. The normalized spacial score (nSPS) is 11.9. The zero-order chi connectivity index (χ0) is 22.1. The minimum atomic E-state index is -1.08. The standard InChI is InChI=1S/C18H23N7O4S/c1-25(15(27)7-4-8-22-24-18(19)20)10-14(26)21-9-11(17(28)29)16-23-12-5-2-3-6-13(12)30-16/h2-3,5-6,8,11H,4,7,9-10H2,1H3,(H,21,26)(H,28,29)(H4,19,20,24). The number of aliphatic carboxylic acids is 1. The maximum absolute atomic E-state index is 12.2. The number of nitrogens with two attached hydrogens (primary N) is 2. The number of likely N-dealkylation sites (N-methyl/N-ethyl adjacent to an activating group) is 1. The highest BCUT2D eigenvalue weighted by Gasteiger charge is 2.25. The van der Waals surface area contributed by atoms with Gasteiger partial charge in [0.2, 0.25) is 17.8 Å². The maximum atomic E-state index is 12.2. The molecule has 1 aromatic heterocycles. The Morgan fingerprint density at radius 3 is 2.73 bits per heavy atom. The van der Waals surface area contributed by atoms with Crippen LogP contribution in [0, 0.1) is 0 Å². The predicted molar refractivity (Wildman–Crippen MR) is 114 cm³/mol. The number of fused-ring (bicyclic) bond motifs is 1. The minimum absolute atomic E-state index is 0.122. The second-order valence-corrected chi connectivity index (χ2v) is 7.39. The van der Waals surface area contributed by atoms with Crippen LogP contribution < -0.4 is 16.8 Å². The molecule has 0 aliphatic carbocycles. The van der Waals surface area contributed by atoms with Gasteiger partial charge in [-0.3, -0.25) is 14.4 Å². The molecule has 0 aliphatic rings. The number of hydrogen-bond donors (Lipinski definition) is 4. The highest BCUT2D eigenvalue weighted by atomic mass is 32.1. The summed E-state index contributed by atoms with van der Waals surface area (Å²) in [6.07, 6.45) is 1.82. The fraction of sp³-hybridized carbons (Fsp3) is 0.333. The van der Waals surface area contributed by atoms with E-state index in [1.807, 2.05) is 18.2 Å². The van der Waals surface area contributed by atoms with Crippen molar-refractivity contribution in [3.8, 4) is 0 Å². The maximum Gasteiger partial charge on any atom is 0.315 e. The Bertz CT molecular complexity index is 935. The number of para-hydroxylation sites is 1. The Kier molecular flexibility index (Phi) is 8.23.